The van der Waals surface area contributed by atoms with Gasteiger partial charge < -0.3 is 5.32 Å². The van der Waals surface area contributed by atoms with E-state index < -0.39 is 0 Å². The first kappa shape index (κ1) is 15.5. The highest BCUT2D eigenvalue weighted by Crippen LogP contribution is 2.28. The molecule has 3 heterocycles. The summed E-state index contributed by atoms with van der Waals surface area (Å²) in [5, 5.41) is 4.36. The summed E-state index contributed by atoms with van der Waals surface area (Å²) in [6.07, 6.45) is 3.63. The average molecular weight is 346 g/mol. The molecule has 2 aromatic heterocycles. The van der Waals surface area contributed by atoms with Gasteiger partial charge >= 0.3 is 0 Å². The first-order chi connectivity index (χ1) is 12.2. The topological polar surface area (TPSA) is 67.2 Å². The predicted molar refractivity (Wildman–Crippen MR) is 102 cm³/mol. The van der Waals surface area contributed by atoms with Gasteiger partial charge in [-0.05, 0) is 60.7 Å². The SMILES string of the molecule is Cc1cccc(N=C2NC(=O)C(=Cc3ccc4ncccc4c3)S2)n1. The number of benzene rings is 1. The molecular formula is C19H14N4OS. The number of nitrogens with zero attached hydrogens (tertiary/aromatic N) is 3. The molecule has 0 radical (unpaired) electrons. The Labute approximate surface area is 148 Å². The van der Waals surface area contributed by atoms with Crippen molar-refractivity contribution >= 4 is 45.6 Å². The second kappa shape index (κ2) is 6.49. The fourth-order valence-corrected chi connectivity index (χ4v) is 3.34. The number of carbonyl (C=O) groups is 1. The Hall–Kier alpha value is -2.99. The molecule has 0 spiro atoms. The fraction of sp³-hybridized carbons (Fsp3) is 0.0526. The Balaban J connectivity index is 1.62. The van der Waals surface area contributed by atoms with Gasteiger partial charge in [-0.2, -0.15) is 0 Å². The van der Waals surface area contributed by atoms with Crippen LogP contribution in [0.3, 0.4) is 0 Å². The molecule has 1 N–H and O–H groups in total. The van der Waals surface area contributed by atoms with Crippen LogP contribution >= 0.6 is 11.8 Å². The third-order valence-electron chi connectivity index (χ3n) is 3.67. The first-order valence-electron chi connectivity index (χ1n) is 7.75. The molecule has 6 heteroatoms. The van der Waals surface area contributed by atoms with Crippen LogP contribution in [-0.2, 0) is 4.79 Å². The van der Waals surface area contributed by atoms with E-state index in [2.05, 4.69) is 20.3 Å². The summed E-state index contributed by atoms with van der Waals surface area (Å²) in [4.78, 5) is 25.8. The summed E-state index contributed by atoms with van der Waals surface area (Å²) in [5.74, 6) is 0.434. The summed E-state index contributed by atoms with van der Waals surface area (Å²) < 4.78 is 0. The van der Waals surface area contributed by atoms with E-state index in [0.29, 0.717) is 15.9 Å². The molecule has 1 amide bonds. The van der Waals surface area contributed by atoms with Crippen LogP contribution in [0.4, 0.5) is 5.82 Å². The van der Waals surface area contributed by atoms with Crippen molar-refractivity contribution < 1.29 is 4.79 Å². The van der Waals surface area contributed by atoms with Gasteiger partial charge in [0.15, 0.2) is 11.0 Å². The number of pyridine rings is 2. The molecular weight excluding hydrogens is 332 g/mol. The average Bonchev–Trinajstić information content (AvgIpc) is 2.94. The number of aryl methyl sites for hydroxylation is 1. The minimum atomic E-state index is -0.150. The number of hydrogen-bond donors (Lipinski definition) is 1. The van der Waals surface area contributed by atoms with Crippen LogP contribution in [0.1, 0.15) is 11.3 Å². The van der Waals surface area contributed by atoms with Gasteiger partial charge in [-0.3, -0.25) is 9.78 Å². The second-order valence-electron chi connectivity index (χ2n) is 5.57. The van der Waals surface area contributed by atoms with Crippen molar-refractivity contribution in [1.82, 2.24) is 15.3 Å². The number of carbonyl (C=O) groups excluding carboxylic acids is 1. The van der Waals surface area contributed by atoms with Crippen LogP contribution in [0.15, 0.2) is 64.6 Å². The standard InChI is InChI=1S/C19H14N4OS/c1-12-4-2-6-17(21-12)22-19-23-18(24)16(25-19)11-13-7-8-15-14(10-13)5-3-9-20-15/h2-11H,1H3,(H,21,22,23,24). The number of amides is 1. The zero-order valence-corrected chi connectivity index (χ0v) is 14.2. The molecule has 1 saturated heterocycles. The van der Waals surface area contributed by atoms with Gasteiger partial charge in [0.05, 0.1) is 10.4 Å². The number of rotatable bonds is 2. The number of thioether (sulfide) groups is 1. The summed E-state index contributed by atoms with van der Waals surface area (Å²) >= 11 is 1.31. The molecule has 0 atom stereocenters. The third kappa shape index (κ3) is 3.44. The number of hydrogen-bond acceptors (Lipinski definition) is 5. The van der Waals surface area contributed by atoms with Gasteiger partial charge in [0.1, 0.15) is 0 Å². The molecule has 3 aromatic rings. The van der Waals surface area contributed by atoms with E-state index in [9.17, 15) is 4.79 Å². The van der Waals surface area contributed by atoms with Crippen LogP contribution in [0.25, 0.3) is 17.0 Å². The Bertz CT molecular complexity index is 1040. The Morgan fingerprint density at radius 2 is 2.08 bits per heavy atom. The first-order valence-corrected chi connectivity index (χ1v) is 8.57. The maximum atomic E-state index is 12.2. The number of aromatic nitrogens is 2. The molecule has 25 heavy (non-hydrogen) atoms. The molecule has 0 bridgehead atoms. The van der Waals surface area contributed by atoms with E-state index in [0.717, 1.165) is 22.2 Å². The fourth-order valence-electron chi connectivity index (χ4n) is 2.51. The highest BCUT2D eigenvalue weighted by molar-refractivity contribution is 8.18. The number of fused-ring (bicyclic) bond motifs is 1. The van der Waals surface area contributed by atoms with Crippen LogP contribution in [0.5, 0.6) is 0 Å². The molecule has 1 aliphatic rings. The van der Waals surface area contributed by atoms with E-state index in [1.165, 1.54) is 11.8 Å². The number of aliphatic imine (C=N–C) groups is 1. The van der Waals surface area contributed by atoms with Gasteiger partial charge in [-0.15, -0.1) is 0 Å². The summed E-state index contributed by atoms with van der Waals surface area (Å²) in [5.41, 5.74) is 2.77. The van der Waals surface area contributed by atoms with E-state index in [-0.39, 0.29) is 5.91 Å². The summed E-state index contributed by atoms with van der Waals surface area (Å²) in [6.45, 7) is 1.91. The van der Waals surface area contributed by atoms with Gasteiger partial charge in [0.25, 0.3) is 5.91 Å². The molecule has 0 unspecified atom stereocenters. The monoisotopic (exact) mass is 346 g/mol. The predicted octanol–water partition coefficient (Wildman–Crippen LogP) is 3.83. The zero-order valence-electron chi connectivity index (χ0n) is 13.4. The third-order valence-corrected chi connectivity index (χ3v) is 4.58. The largest absolute Gasteiger partial charge is 0.300 e. The van der Waals surface area contributed by atoms with Crippen molar-refractivity contribution in [1.29, 1.82) is 0 Å². The second-order valence-corrected chi connectivity index (χ2v) is 6.61. The van der Waals surface area contributed by atoms with Gasteiger partial charge in [0.2, 0.25) is 0 Å². The lowest BCUT2D eigenvalue weighted by Gasteiger charge is -1.99. The van der Waals surface area contributed by atoms with Crippen molar-refractivity contribution in [2.24, 2.45) is 4.99 Å². The lowest BCUT2D eigenvalue weighted by atomic mass is 10.1. The van der Waals surface area contributed by atoms with E-state index >= 15 is 0 Å². The maximum Gasteiger partial charge on any atom is 0.264 e. The quantitative estimate of drug-likeness (QED) is 0.716. The van der Waals surface area contributed by atoms with Gasteiger partial charge in [-0.25, -0.2) is 9.98 Å². The smallest absolute Gasteiger partial charge is 0.264 e. The van der Waals surface area contributed by atoms with Crippen molar-refractivity contribution in [2.75, 3.05) is 0 Å². The lowest BCUT2D eigenvalue weighted by Crippen LogP contribution is -2.19. The Morgan fingerprint density at radius 1 is 1.16 bits per heavy atom. The normalized spacial score (nSPS) is 17.4. The van der Waals surface area contributed by atoms with Gasteiger partial charge in [0, 0.05) is 17.3 Å². The summed E-state index contributed by atoms with van der Waals surface area (Å²) in [7, 11) is 0. The molecule has 122 valence electrons. The minimum absolute atomic E-state index is 0.150. The molecule has 0 saturated carbocycles. The van der Waals surface area contributed by atoms with Crippen LogP contribution in [0, 0.1) is 6.92 Å². The van der Waals surface area contributed by atoms with Crippen LogP contribution in [-0.4, -0.2) is 21.0 Å². The van der Waals surface area contributed by atoms with E-state index in [1.807, 2.05) is 61.5 Å². The molecule has 4 rings (SSSR count). The molecule has 0 aliphatic carbocycles. The summed E-state index contributed by atoms with van der Waals surface area (Å²) in [6, 6.07) is 15.4. The van der Waals surface area contributed by atoms with E-state index in [4.69, 9.17) is 0 Å². The maximum absolute atomic E-state index is 12.2. The van der Waals surface area contributed by atoms with E-state index in [1.54, 1.807) is 6.20 Å². The van der Waals surface area contributed by atoms with Crippen LogP contribution < -0.4 is 5.32 Å². The molecule has 1 aliphatic heterocycles. The van der Waals surface area contributed by atoms with Crippen molar-refractivity contribution in [2.45, 2.75) is 6.92 Å². The highest BCUT2D eigenvalue weighted by Gasteiger charge is 2.23. The number of amidine groups is 1. The Morgan fingerprint density at radius 3 is 2.96 bits per heavy atom. The van der Waals surface area contributed by atoms with Crippen molar-refractivity contribution in [3.63, 3.8) is 0 Å². The van der Waals surface area contributed by atoms with Crippen LogP contribution in [0.2, 0.25) is 0 Å². The minimum Gasteiger partial charge on any atom is -0.300 e. The lowest BCUT2D eigenvalue weighted by molar-refractivity contribution is -0.115. The Kier molecular flexibility index (Phi) is 4.03. The van der Waals surface area contributed by atoms with Gasteiger partial charge in [-0.1, -0.05) is 18.2 Å². The highest BCUT2D eigenvalue weighted by atomic mass is 32.2. The van der Waals surface area contributed by atoms with Crippen molar-refractivity contribution in [3.8, 4) is 0 Å². The molecule has 1 aromatic carbocycles. The zero-order chi connectivity index (χ0) is 17.2. The number of nitrogens with one attached hydrogen (secondary N) is 1. The molecule has 5 nitrogen and oxygen atoms in total. The van der Waals surface area contributed by atoms with Crippen molar-refractivity contribution in [3.05, 3.63) is 70.9 Å². The molecule has 1 fully saturated rings.